The molecule has 2 aromatic carbocycles. The Kier molecular flexibility index (Phi) is 4.16. The summed E-state index contributed by atoms with van der Waals surface area (Å²) >= 11 is 0. The van der Waals surface area contributed by atoms with Crippen molar-refractivity contribution < 1.29 is 18.6 Å². The van der Waals surface area contributed by atoms with Crippen LogP contribution in [0.2, 0.25) is 0 Å². The van der Waals surface area contributed by atoms with Crippen molar-refractivity contribution in [3.63, 3.8) is 0 Å². The second-order valence-corrected chi connectivity index (χ2v) is 4.71. The molecule has 0 bridgehead atoms. The molecule has 1 atom stereocenters. The number of halogens is 2. The van der Waals surface area contributed by atoms with Crippen LogP contribution in [0.4, 0.5) is 8.78 Å². The van der Waals surface area contributed by atoms with Crippen molar-refractivity contribution >= 4 is 0 Å². The fraction of sp³-hybridized carbons (Fsp3) is 0.250. The number of ether oxygens (including phenoxy) is 1. The number of aliphatic hydroxyl groups is 1. The van der Waals surface area contributed by atoms with Gasteiger partial charge < -0.3 is 9.84 Å². The Morgan fingerprint density at radius 2 is 1.75 bits per heavy atom. The zero-order valence-corrected chi connectivity index (χ0v) is 11.4. The summed E-state index contributed by atoms with van der Waals surface area (Å²) in [6, 6.07) is 10.9. The van der Waals surface area contributed by atoms with Gasteiger partial charge in [0, 0.05) is 7.11 Å². The quantitative estimate of drug-likeness (QED) is 0.931. The highest BCUT2D eigenvalue weighted by Gasteiger charge is 2.37. The van der Waals surface area contributed by atoms with Gasteiger partial charge >= 0.3 is 0 Å². The summed E-state index contributed by atoms with van der Waals surface area (Å²) in [6.07, 6.45) is 0. The first kappa shape index (κ1) is 14.6. The maximum Gasteiger partial charge on any atom is 0.143 e. The Balaban J connectivity index is 2.69. The molecular weight excluding hydrogens is 262 g/mol. The summed E-state index contributed by atoms with van der Waals surface area (Å²) in [5.74, 6) is -1.55. The van der Waals surface area contributed by atoms with Gasteiger partial charge in [0.05, 0.1) is 12.2 Å². The van der Waals surface area contributed by atoms with Crippen molar-refractivity contribution in [1.82, 2.24) is 0 Å². The van der Waals surface area contributed by atoms with Gasteiger partial charge in [-0.2, -0.15) is 0 Å². The molecule has 0 aliphatic heterocycles. The van der Waals surface area contributed by atoms with E-state index in [1.807, 2.05) is 0 Å². The molecule has 4 heteroatoms. The molecule has 106 valence electrons. The molecule has 0 amide bonds. The van der Waals surface area contributed by atoms with Crippen molar-refractivity contribution in [1.29, 1.82) is 0 Å². The molecule has 20 heavy (non-hydrogen) atoms. The van der Waals surface area contributed by atoms with Crippen LogP contribution in [0.5, 0.6) is 0 Å². The largest absolute Gasteiger partial charge is 0.381 e. The van der Waals surface area contributed by atoms with E-state index in [-0.39, 0.29) is 17.7 Å². The van der Waals surface area contributed by atoms with Crippen molar-refractivity contribution in [3.8, 4) is 0 Å². The van der Waals surface area contributed by atoms with E-state index in [1.54, 1.807) is 30.3 Å². The average molecular weight is 278 g/mol. The number of benzene rings is 2. The fourth-order valence-electron chi connectivity index (χ4n) is 2.26. The average Bonchev–Trinajstić information content (AvgIpc) is 2.44. The first-order valence-corrected chi connectivity index (χ1v) is 6.22. The predicted molar refractivity (Wildman–Crippen MR) is 72.4 cm³/mol. The van der Waals surface area contributed by atoms with Gasteiger partial charge in [0.1, 0.15) is 17.2 Å². The molecule has 0 aromatic heterocycles. The third kappa shape index (κ3) is 2.44. The molecule has 1 N–H and O–H groups in total. The first-order chi connectivity index (χ1) is 9.50. The summed E-state index contributed by atoms with van der Waals surface area (Å²) in [4.78, 5) is 0. The SMILES string of the molecule is COCC(O)(c1ccccc1)c1c(F)ccc(C)c1F. The van der Waals surface area contributed by atoms with Crippen molar-refractivity contribution in [2.75, 3.05) is 13.7 Å². The number of rotatable bonds is 4. The number of hydrogen-bond donors (Lipinski definition) is 1. The van der Waals surface area contributed by atoms with E-state index in [1.165, 1.54) is 20.1 Å². The molecule has 2 aromatic rings. The Bertz CT molecular complexity index is 599. The van der Waals surface area contributed by atoms with Crippen LogP contribution in [0.15, 0.2) is 42.5 Å². The van der Waals surface area contributed by atoms with Gasteiger partial charge in [0.15, 0.2) is 0 Å². The summed E-state index contributed by atoms with van der Waals surface area (Å²) in [6.45, 7) is 1.28. The van der Waals surface area contributed by atoms with Gasteiger partial charge in [-0.15, -0.1) is 0 Å². The topological polar surface area (TPSA) is 29.5 Å². The lowest BCUT2D eigenvalue weighted by molar-refractivity contribution is -0.00834. The lowest BCUT2D eigenvalue weighted by Gasteiger charge is -2.29. The molecule has 2 nitrogen and oxygen atoms in total. The summed E-state index contributed by atoms with van der Waals surface area (Å²) in [5, 5.41) is 10.8. The molecule has 0 heterocycles. The van der Waals surface area contributed by atoms with Crippen LogP contribution in [0.1, 0.15) is 16.7 Å². The van der Waals surface area contributed by atoms with E-state index in [9.17, 15) is 13.9 Å². The Labute approximate surface area is 116 Å². The normalized spacial score (nSPS) is 14.1. The molecule has 0 spiro atoms. The monoisotopic (exact) mass is 278 g/mol. The van der Waals surface area contributed by atoms with Gasteiger partial charge in [0.2, 0.25) is 0 Å². The molecule has 0 radical (unpaired) electrons. The standard InChI is InChI=1S/C16H16F2O2/c1-11-8-9-13(17)14(15(11)18)16(19,10-20-2)12-6-4-3-5-7-12/h3-9,19H,10H2,1-2H3. The molecule has 0 saturated heterocycles. The molecule has 0 aliphatic rings. The van der Waals surface area contributed by atoms with Gasteiger partial charge in [0.25, 0.3) is 0 Å². The molecular formula is C16H16F2O2. The summed E-state index contributed by atoms with van der Waals surface area (Å²) in [7, 11) is 1.37. The van der Waals surface area contributed by atoms with Crippen LogP contribution in [0.25, 0.3) is 0 Å². The van der Waals surface area contributed by atoms with Crippen molar-refractivity contribution in [2.24, 2.45) is 0 Å². The van der Waals surface area contributed by atoms with Crippen LogP contribution >= 0.6 is 0 Å². The Morgan fingerprint density at radius 3 is 2.35 bits per heavy atom. The third-order valence-corrected chi connectivity index (χ3v) is 3.30. The van der Waals surface area contributed by atoms with Gasteiger partial charge in [-0.1, -0.05) is 36.4 Å². The molecule has 1 unspecified atom stereocenters. The highest BCUT2D eigenvalue weighted by molar-refractivity contribution is 5.40. The highest BCUT2D eigenvalue weighted by atomic mass is 19.1. The van der Waals surface area contributed by atoms with Crippen LogP contribution < -0.4 is 0 Å². The molecule has 0 aliphatic carbocycles. The lowest BCUT2D eigenvalue weighted by Crippen LogP contribution is -2.35. The number of methoxy groups -OCH3 is 1. The van der Waals surface area contributed by atoms with Crippen LogP contribution in [-0.4, -0.2) is 18.8 Å². The zero-order valence-electron chi connectivity index (χ0n) is 11.4. The van der Waals surface area contributed by atoms with Gasteiger partial charge in [-0.3, -0.25) is 0 Å². The fourth-order valence-corrected chi connectivity index (χ4v) is 2.26. The van der Waals surface area contributed by atoms with E-state index in [0.717, 1.165) is 6.07 Å². The Hall–Kier alpha value is -1.78. The molecule has 2 rings (SSSR count). The first-order valence-electron chi connectivity index (χ1n) is 6.22. The van der Waals surface area contributed by atoms with Crippen molar-refractivity contribution in [3.05, 3.63) is 70.8 Å². The summed E-state index contributed by atoms with van der Waals surface area (Å²) in [5.41, 5.74) is -1.60. The molecule has 0 fully saturated rings. The predicted octanol–water partition coefficient (Wildman–Crippen LogP) is 3.16. The minimum Gasteiger partial charge on any atom is -0.381 e. The van der Waals surface area contributed by atoms with E-state index < -0.39 is 17.2 Å². The van der Waals surface area contributed by atoms with Crippen LogP contribution in [0, 0.1) is 18.6 Å². The van der Waals surface area contributed by atoms with E-state index in [0.29, 0.717) is 5.56 Å². The van der Waals surface area contributed by atoms with E-state index in [2.05, 4.69) is 0 Å². The van der Waals surface area contributed by atoms with E-state index >= 15 is 0 Å². The number of hydrogen-bond acceptors (Lipinski definition) is 2. The minimum absolute atomic E-state index is 0.242. The molecule has 0 saturated carbocycles. The smallest absolute Gasteiger partial charge is 0.143 e. The van der Waals surface area contributed by atoms with Crippen LogP contribution in [0.3, 0.4) is 0 Å². The summed E-state index contributed by atoms with van der Waals surface area (Å²) < 4.78 is 33.4. The van der Waals surface area contributed by atoms with Crippen molar-refractivity contribution in [2.45, 2.75) is 12.5 Å². The van der Waals surface area contributed by atoms with E-state index in [4.69, 9.17) is 4.74 Å². The zero-order chi connectivity index (χ0) is 14.8. The maximum absolute atomic E-state index is 14.3. The van der Waals surface area contributed by atoms with Crippen LogP contribution in [-0.2, 0) is 10.3 Å². The highest BCUT2D eigenvalue weighted by Crippen LogP contribution is 2.34. The second kappa shape index (κ2) is 5.69. The second-order valence-electron chi connectivity index (χ2n) is 4.71. The van der Waals surface area contributed by atoms with Gasteiger partial charge in [-0.25, -0.2) is 8.78 Å². The minimum atomic E-state index is -1.86. The Morgan fingerprint density at radius 1 is 1.10 bits per heavy atom. The maximum atomic E-state index is 14.3. The lowest BCUT2D eigenvalue weighted by atomic mass is 9.85. The van der Waals surface area contributed by atoms with Gasteiger partial charge in [-0.05, 0) is 24.1 Å². The third-order valence-electron chi connectivity index (χ3n) is 3.30. The number of aryl methyl sites for hydroxylation is 1.